The highest BCUT2D eigenvalue weighted by molar-refractivity contribution is 5.29. The molecule has 1 saturated carbocycles. The van der Waals surface area contributed by atoms with Crippen LogP contribution in [-0.2, 0) is 0 Å². The van der Waals surface area contributed by atoms with E-state index in [1.54, 1.807) is 12.1 Å². The van der Waals surface area contributed by atoms with Gasteiger partial charge < -0.3 is 15.6 Å². The number of halogens is 2. The Kier molecular flexibility index (Phi) is 4.14. The Labute approximate surface area is 105 Å². The maximum atomic E-state index is 12.0. The van der Waals surface area contributed by atoms with E-state index in [1.807, 2.05) is 0 Å². The van der Waals surface area contributed by atoms with Crippen LogP contribution in [0.1, 0.15) is 30.9 Å². The maximum Gasteiger partial charge on any atom is 0.387 e. The molecule has 0 unspecified atom stereocenters. The average Bonchev–Trinajstić information content (AvgIpc) is 2.26. The predicted octanol–water partition coefficient (Wildman–Crippen LogP) is 2.45. The lowest BCUT2D eigenvalue weighted by atomic mass is 9.77. The van der Waals surface area contributed by atoms with Crippen molar-refractivity contribution in [3.63, 3.8) is 0 Å². The lowest BCUT2D eigenvalue weighted by Crippen LogP contribution is -2.36. The number of nitrogens with two attached hydrogens (primary N) is 1. The lowest BCUT2D eigenvalue weighted by Gasteiger charge is -2.33. The molecule has 0 saturated heterocycles. The summed E-state index contributed by atoms with van der Waals surface area (Å²) in [6.07, 6.45) is 2.57. The van der Waals surface area contributed by atoms with Gasteiger partial charge in [-0.15, -0.1) is 0 Å². The van der Waals surface area contributed by atoms with Gasteiger partial charge in [0.1, 0.15) is 5.75 Å². The van der Waals surface area contributed by atoms with Gasteiger partial charge in [0.25, 0.3) is 0 Å². The fourth-order valence-electron chi connectivity index (χ4n) is 2.14. The molecular formula is C13H17F2NO2. The van der Waals surface area contributed by atoms with Gasteiger partial charge in [-0.1, -0.05) is 18.6 Å². The molecule has 100 valence electrons. The van der Waals surface area contributed by atoms with Gasteiger partial charge >= 0.3 is 6.61 Å². The largest absolute Gasteiger partial charge is 0.435 e. The predicted molar refractivity (Wildman–Crippen MR) is 63.4 cm³/mol. The average molecular weight is 257 g/mol. The first-order valence-corrected chi connectivity index (χ1v) is 6.06. The van der Waals surface area contributed by atoms with Crippen molar-refractivity contribution < 1.29 is 18.6 Å². The van der Waals surface area contributed by atoms with Crippen LogP contribution in [0.5, 0.6) is 5.75 Å². The Hall–Kier alpha value is -1.20. The van der Waals surface area contributed by atoms with Crippen LogP contribution < -0.4 is 10.5 Å². The fourth-order valence-corrected chi connectivity index (χ4v) is 2.14. The van der Waals surface area contributed by atoms with Gasteiger partial charge in [-0.25, -0.2) is 0 Å². The first kappa shape index (κ1) is 13.2. The van der Waals surface area contributed by atoms with Gasteiger partial charge in [0, 0.05) is 0 Å². The van der Waals surface area contributed by atoms with Crippen molar-refractivity contribution in [1.82, 2.24) is 0 Å². The van der Waals surface area contributed by atoms with Crippen molar-refractivity contribution in [3.05, 3.63) is 29.8 Å². The van der Waals surface area contributed by atoms with Gasteiger partial charge in [0.05, 0.1) is 12.1 Å². The summed E-state index contributed by atoms with van der Waals surface area (Å²) in [5, 5.41) is 10.0. The first-order chi connectivity index (χ1) is 8.58. The molecule has 0 spiro atoms. The van der Waals surface area contributed by atoms with Crippen molar-refractivity contribution in [2.75, 3.05) is 0 Å². The summed E-state index contributed by atoms with van der Waals surface area (Å²) < 4.78 is 28.2. The number of hydrogen-bond donors (Lipinski definition) is 2. The molecule has 1 aliphatic carbocycles. The van der Waals surface area contributed by atoms with E-state index in [9.17, 15) is 13.9 Å². The normalized spacial score (nSPS) is 19.4. The number of benzene rings is 1. The molecule has 5 heteroatoms. The molecule has 2 rings (SSSR count). The summed E-state index contributed by atoms with van der Waals surface area (Å²) in [6, 6.07) is 5.63. The van der Waals surface area contributed by atoms with Crippen LogP contribution in [0.4, 0.5) is 8.78 Å². The van der Waals surface area contributed by atoms with E-state index in [4.69, 9.17) is 5.73 Å². The molecule has 0 aromatic heterocycles. The van der Waals surface area contributed by atoms with Crippen molar-refractivity contribution >= 4 is 0 Å². The van der Waals surface area contributed by atoms with Gasteiger partial charge in [0.2, 0.25) is 0 Å². The maximum absolute atomic E-state index is 12.0. The fraction of sp³-hybridized carbons (Fsp3) is 0.538. The molecule has 1 aliphatic rings. The van der Waals surface area contributed by atoms with E-state index in [0.717, 1.165) is 24.8 Å². The molecule has 1 aromatic rings. The number of rotatable bonds is 5. The van der Waals surface area contributed by atoms with Crippen LogP contribution in [0.25, 0.3) is 0 Å². The summed E-state index contributed by atoms with van der Waals surface area (Å²) in [4.78, 5) is 0. The molecule has 2 atom stereocenters. The lowest BCUT2D eigenvalue weighted by molar-refractivity contribution is -0.0498. The Balaban J connectivity index is 1.99. The zero-order valence-corrected chi connectivity index (χ0v) is 9.93. The highest BCUT2D eigenvalue weighted by atomic mass is 19.3. The van der Waals surface area contributed by atoms with Crippen molar-refractivity contribution in [2.45, 2.75) is 38.0 Å². The minimum atomic E-state index is -2.83. The van der Waals surface area contributed by atoms with E-state index in [0.29, 0.717) is 0 Å². The van der Waals surface area contributed by atoms with E-state index < -0.39 is 18.8 Å². The third-order valence-corrected chi connectivity index (χ3v) is 3.49. The number of aliphatic hydroxyl groups excluding tert-OH is 1. The molecule has 0 heterocycles. The molecule has 3 N–H and O–H groups in total. The highest BCUT2D eigenvalue weighted by Crippen LogP contribution is 2.34. The molecule has 18 heavy (non-hydrogen) atoms. The molecule has 0 aliphatic heterocycles. The quantitative estimate of drug-likeness (QED) is 0.851. The van der Waals surface area contributed by atoms with E-state index in [1.165, 1.54) is 12.1 Å². The second-order valence-electron chi connectivity index (χ2n) is 4.65. The Morgan fingerprint density at radius 1 is 1.22 bits per heavy atom. The zero-order chi connectivity index (χ0) is 13.1. The van der Waals surface area contributed by atoms with Crippen LogP contribution in [-0.4, -0.2) is 17.8 Å². The van der Waals surface area contributed by atoms with Crippen LogP contribution in [0, 0.1) is 5.92 Å². The molecule has 1 fully saturated rings. The Morgan fingerprint density at radius 3 is 2.28 bits per heavy atom. The van der Waals surface area contributed by atoms with Crippen LogP contribution in [0.3, 0.4) is 0 Å². The monoisotopic (exact) mass is 257 g/mol. The molecule has 1 aromatic carbocycles. The summed E-state index contributed by atoms with van der Waals surface area (Å²) in [7, 11) is 0. The SMILES string of the molecule is N[C@H](c1ccc(OC(F)F)cc1)[C@@H](O)C1CCC1. The Bertz CT molecular complexity index is 379. The number of alkyl halides is 2. The third kappa shape index (κ3) is 2.97. The van der Waals surface area contributed by atoms with Gasteiger partial charge in [-0.2, -0.15) is 8.78 Å². The van der Waals surface area contributed by atoms with Gasteiger partial charge in [-0.3, -0.25) is 0 Å². The van der Waals surface area contributed by atoms with E-state index >= 15 is 0 Å². The zero-order valence-electron chi connectivity index (χ0n) is 9.93. The topological polar surface area (TPSA) is 55.5 Å². The van der Waals surface area contributed by atoms with E-state index in [2.05, 4.69) is 4.74 Å². The molecule has 0 bridgehead atoms. The number of ether oxygens (including phenoxy) is 1. The Morgan fingerprint density at radius 2 is 1.83 bits per heavy atom. The molecule has 3 nitrogen and oxygen atoms in total. The molecular weight excluding hydrogens is 240 g/mol. The third-order valence-electron chi connectivity index (χ3n) is 3.49. The molecule has 0 amide bonds. The van der Waals surface area contributed by atoms with Gasteiger partial charge in [0.15, 0.2) is 0 Å². The number of aliphatic hydroxyl groups is 1. The van der Waals surface area contributed by atoms with Crippen LogP contribution in [0.2, 0.25) is 0 Å². The summed E-state index contributed by atoms with van der Waals surface area (Å²) in [6.45, 7) is -2.83. The minimum absolute atomic E-state index is 0.0964. The second-order valence-corrected chi connectivity index (χ2v) is 4.65. The van der Waals surface area contributed by atoms with Crippen molar-refractivity contribution in [1.29, 1.82) is 0 Å². The highest BCUT2D eigenvalue weighted by Gasteiger charge is 2.30. The van der Waals surface area contributed by atoms with Crippen LogP contribution in [0.15, 0.2) is 24.3 Å². The second kappa shape index (κ2) is 5.63. The number of hydrogen-bond acceptors (Lipinski definition) is 3. The van der Waals surface area contributed by atoms with Gasteiger partial charge in [-0.05, 0) is 36.5 Å². The van der Waals surface area contributed by atoms with Crippen molar-refractivity contribution in [2.24, 2.45) is 11.7 Å². The minimum Gasteiger partial charge on any atom is -0.435 e. The first-order valence-electron chi connectivity index (χ1n) is 6.06. The van der Waals surface area contributed by atoms with E-state index in [-0.39, 0.29) is 11.7 Å². The smallest absolute Gasteiger partial charge is 0.387 e. The summed E-state index contributed by atoms with van der Waals surface area (Å²) in [5.41, 5.74) is 6.69. The summed E-state index contributed by atoms with van der Waals surface area (Å²) >= 11 is 0. The molecule has 0 radical (unpaired) electrons. The van der Waals surface area contributed by atoms with Crippen molar-refractivity contribution in [3.8, 4) is 5.75 Å². The summed E-state index contributed by atoms with van der Waals surface area (Å²) in [5.74, 6) is 0.357. The standard InChI is InChI=1S/C13H17F2NO2/c14-13(15)18-10-6-4-8(5-7-10)11(16)12(17)9-2-1-3-9/h4-7,9,11-13,17H,1-3,16H2/t11-,12+/m1/s1. The van der Waals surface area contributed by atoms with Crippen LogP contribution >= 0.6 is 0 Å².